The zero-order valence-electron chi connectivity index (χ0n) is 10.2. The highest BCUT2D eigenvalue weighted by atomic mass is 32.1. The highest BCUT2D eigenvalue weighted by Gasteiger charge is 2.28. The summed E-state index contributed by atoms with van der Waals surface area (Å²) in [5.74, 6) is -0.0847. The Balaban J connectivity index is 2.24. The molecule has 1 saturated heterocycles. The normalized spacial score (nSPS) is 20.1. The van der Waals surface area contributed by atoms with E-state index in [4.69, 9.17) is 12.2 Å². The van der Waals surface area contributed by atoms with Crippen molar-refractivity contribution in [2.75, 3.05) is 0 Å². The molecule has 2 rings (SSSR count). The van der Waals surface area contributed by atoms with Gasteiger partial charge in [-0.25, -0.2) is 0 Å². The molecule has 0 aliphatic carbocycles. The maximum Gasteiger partial charge on any atom is 0.253 e. The summed E-state index contributed by atoms with van der Waals surface area (Å²) in [6.07, 6.45) is 0. The van der Waals surface area contributed by atoms with E-state index >= 15 is 0 Å². The molecule has 0 aromatic heterocycles. The highest BCUT2D eigenvalue weighted by Crippen LogP contribution is 2.24. The summed E-state index contributed by atoms with van der Waals surface area (Å²) < 4.78 is 0. The minimum absolute atomic E-state index is 0.0847. The highest BCUT2D eigenvalue weighted by molar-refractivity contribution is 7.80. The third-order valence-electron chi connectivity index (χ3n) is 2.88. The van der Waals surface area contributed by atoms with Crippen LogP contribution in [0.2, 0.25) is 0 Å². The van der Waals surface area contributed by atoms with E-state index in [2.05, 4.69) is 43.5 Å². The maximum absolute atomic E-state index is 11.6. The minimum atomic E-state index is -0.350. The molecule has 1 unspecified atom stereocenters. The van der Waals surface area contributed by atoms with Crippen molar-refractivity contribution >= 4 is 23.2 Å². The average molecular weight is 248 g/mol. The van der Waals surface area contributed by atoms with Crippen LogP contribution >= 0.6 is 12.2 Å². The SMILES string of the molecule is CC(C)(C)c1ccc(C2NC(=S)NC2=O)cc1. The largest absolute Gasteiger partial charge is 0.347 e. The molecule has 1 aromatic carbocycles. The minimum Gasteiger partial charge on any atom is -0.347 e. The Bertz CT molecular complexity index is 459. The zero-order chi connectivity index (χ0) is 12.6. The van der Waals surface area contributed by atoms with Crippen molar-refractivity contribution in [3.05, 3.63) is 35.4 Å². The summed E-state index contributed by atoms with van der Waals surface area (Å²) in [4.78, 5) is 11.6. The number of carbonyl (C=O) groups excluding carboxylic acids is 1. The molecule has 17 heavy (non-hydrogen) atoms. The molecule has 0 radical (unpaired) electrons. The molecule has 0 bridgehead atoms. The van der Waals surface area contributed by atoms with Gasteiger partial charge in [-0.05, 0) is 28.8 Å². The van der Waals surface area contributed by atoms with Crippen LogP contribution in [0.5, 0.6) is 0 Å². The van der Waals surface area contributed by atoms with E-state index in [0.29, 0.717) is 5.11 Å². The number of rotatable bonds is 1. The van der Waals surface area contributed by atoms with Crippen molar-refractivity contribution in [1.29, 1.82) is 0 Å². The second-order valence-corrected chi connectivity index (χ2v) is 5.68. The molecule has 0 saturated carbocycles. The van der Waals surface area contributed by atoms with Gasteiger partial charge in [-0.15, -0.1) is 0 Å². The average Bonchev–Trinajstić information content (AvgIpc) is 2.57. The van der Waals surface area contributed by atoms with Crippen LogP contribution in [0.15, 0.2) is 24.3 Å². The monoisotopic (exact) mass is 248 g/mol. The van der Waals surface area contributed by atoms with Gasteiger partial charge in [-0.2, -0.15) is 0 Å². The van der Waals surface area contributed by atoms with E-state index in [1.807, 2.05) is 12.1 Å². The smallest absolute Gasteiger partial charge is 0.253 e. The first-order valence-electron chi connectivity index (χ1n) is 5.60. The van der Waals surface area contributed by atoms with Gasteiger partial charge in [0.05, 0.1) is 0 Å². The van der Waals surface area contributed by atoms with Crippen LogP contribution in [0.25, 0.3) is 0 Å². The Hall–Kier alpha value is -1.42. The summed E-state index contributed by atoms with van der Waals surface area (Å²) in [6.45, 7) is 6.49. The van der Waals surface area contributed by atoms with Crippen LogP contribution in [-0.2, 0) is 10.2 Å². The van der Waals surface area contributed by atoms with Crippen LogP contribution in [-0.4, -0.2) is 11.0 Å². The van der Waals surface area contributed by atoms with Crippen LogP contribution in [0.1, 0.15) is 37.9 Å². The Labute approximate surface area is 107 Å². The van der Waals surface area contributed by atoms with E-state index in [1.165, 1.54) is 5.56 Å². The molecule has 1 aliphatic heterocycles. The van der Waals surface area contributed by atoms with Gasteiger partial charge in [-0.3, -0.25) is 4.79 Å². The zero-order valence-corrected chi connectivity index (χ0v) is 11.0. The molecule has 90 valence electrons. The number of nitrogens with one attached hydrogen (secondary N) is 2. The third-order valence-corrected chi connectivity index (χ3v) is 3.10. The molecular weight excluding hydrogens is 232 g/mol. The molecular formula is C13H16N2OS. The maximum atomic E-state index is 11.6. The summed E-state index contributed by atoms with van der Waals surface area (Å²) >= 11 is 4.92. The molecule has 1 atom stereocenters. The topological polar surface area (TPSA) is 41.1 Å². The summed E-state index contributed by atoms with van der Waals surface area (Å²) in [6, 6.07) is 7.73. The van der Waals surface area contributed by atoms with Gasteiger partial charge < -0.3 is 10.6 Å². The first-order valence-corrected chi connectivity index (χ1v) is 6.00. The van der Waals surface area contributed by atoms with Crippen molar-refractivity contribution in [3.8, 4) is 0 Å². The van der Waals surface area contributed by atoms with Gasteiger partial charge in [0.2, 0.25) is 0 Å². The number of carbonyl (C=O) groups is 1. The van der Waals surface area contributed by atoms with Crippen LogP contribution in [0.4, 0.5) is 0 Å². The predicted molar refractivity (Wildman–Crippen MR) is 71.8 cm³/mol. The lowest BCUT2D eigenvalue weighted by Gasteiger charge is -2.19. The molecule has 3 nitrogen and oxygen atoms in total. The van der Waals surface area contributed by atoms with Gasteiger partial charge in [0.1, 0.15) is 6.04 Å². The molecule has 0 spiro atoms. The number of hydrogen-bond acceptors (Lipinski definition) is 2. The molecule has 2 N–H and O–H groups in total. The van der Waals surface area contributed by atoms with E-state index in [0.717, 1.165) is 5.56 Å². The van der Waals surface area contributed by atoms with E-state index in [1.54, 1.807) is 0 Å². The molecule has 1 amide bonds. The molecule has 1 aromatic rings. The fraction of sp³-hybridized carbons (Fsp3) is 0.385. The standard InChI is InChI=1S/C13H16N2OS/c1-13(2,3)9-6-4-8(5-7-9)10-11(16)15-12(17)14-10/h4-7,10H,1-3H3,(H2,14,15,16,17). The lowest BCUT2D eigenvalue weighted by molar-refractivity contribution is -0.120. The predicted octanol–water partition coefficient (Wildman–Crippen LogP) is 2.03. The van der Waals surface area contributed by atoms with Crippen molar-refractivity contribution in [3.63, 3.8) is 0 Å². The van der Waals surface area contributed by atoms with Crippen molar-refractivity contribution in [2.24, 2.45) is 0 Å². The lowest BCUT2D eigenvalue weighted by Crippen LogP contribution is -2.21. The molecule has 4 heteroatoms. The Kier molecular flexibility index (Phi) is 2.91. The second kappa shape index (κ2) is 4.11. The van der Waals surface area contributed by atoms with Crippen molar-refractivity contribution < 1.29 is 4.79 Å². The fourth-order valence-electron chi connectivity index (χ4n) is 1.83. The second-order valence-electron chi connectivity index (χ2n) is 5.27. The van der Waals surface area contributed by atoms with Gasteiger partial charge in [0.15, 0.2) is 5.11 Å². The Morgan fingerprint density at radius 1 is 1.18 bits per heavy atom. The lowest BCUT2D eigenvalue weighted by atomic mass is 9.86. The fourth-order valence-corrected chi connectivity index (χ4v) is 2.05. The number of thiocarbonyl (C=S) groups is 1. The van der Waals surface area contributed by atoms with Crippen LogP contribution < -0.4 is 10.6 Å². The number of hydrogen-bond donors (Lipinski definition) is 2. The van der Waals surface area contributed by atoms with Gasteiger partial charge >= 0.3 is 0 Å². The van der Waals surface area contributed by atoms with Gasteiger partial charge in [0.25, 0.3) is 5.91 Å². The van der Waals surface area contributed by atoms with Crippen molar-refractivity contribution in [1.82, 2.24) is 10.6 Å². The summed E-state index contributed by atoms with van der Waals surface area (Å²) in [5, 5.41) is 5.94. The first kappa shape index (κ1) is 12.0. The van der Waals surface area contributed by atoms with Crippen LogP contribution in [0.3, 0.4) is 0 Å². The summed E-state index contributed by atoms with van der Waals surface area (Å²) in [7, 11) is 0. The third kappa shape index (κ3) is 2.47. The summed E-state index contributed by atoms with van der Waals surface area (Å²) in [5.41, 5.74) is 2.32. The van der Waals surface area contributed by atoms with Crippen LogP contribution in [0, 0.1) is 0 Å². The molecule has 1 fully saturated rings. The first-order chi connectivity index (χ1) is 7.88. The van der Waals surface area contributed by atoms with Gasteiger partial charge in [-0.1, -0.05) is 45.0 Å². The Morgan fingerprint density at radius 2 is 1.76 bits per heavy atom. The molecule has 1 aliphatic rings. The number of benzene rings is 1. The van der Waals surface area contributed by atoms with Crippen molar-refractivity contribution in [2.45, 2.75) is 32.2 Å². The number of amides is 1. The van der Waals surface area contributed by atoms with E-state index in [9.17, 15) is 4.79 Å². The van der Waals surface area contributed by atoms with E-state index < -0.39 is 0 Å². The van der Waals surface area contributed by atoms with Gasteiger partial charge in [0, 0.05) is 0 Å². The quantitative estimate of drug-likeness (QED) is 0.747. The molecule has 1 heterocycles. The Morgan fingerprint density at radius 3 is 2.18 bits per heavy atom. The van der Waals surface area contributed by atoms with E-state index in [-0.39, 0.29) is 17.4 Å².